The van der Waals surface area contributed by atoms with Gasteiger partial charge in [0, 0.05) is 0 Å². The van der Waals surface area contributed by atoms with E-state index in [4.69, 9.17) is 0 Å². The molecule has 0 spiro atoms. The molecule has 1 rings (SSSR count). The third-order valence-electron chi connectivity index (χ3n) is 1.64. The van der Waals surface area contributed by atoms with Crippen molar-refractivity contribution in [2.45, 2.75) is 81.6 Å². The van der Waals surface area contributed by atoms with Crippen LogP contribution in [0.5, 0.6) is 0 Å². The third-order valence-corrected chi connectivity index (χ3v) is 1.64. The maximum absolute atomic E-state index is 2.22. The molecule has 0 N–H and O–H groups in total. The summed E-state index contributed by atoms with van der Waals surface area (Å²) >= 11 is 0. The number of hydrogen-bond donors (Lipinski definition) is 0. The van der Waals surface area contributed by atoms with Crippen molar-refractivity contribution in [3.8, 4) is 0 Å². The predicted molar refractivity (Wildman–Crippen MR) is 95.4 cm³/mol. The smallest absolute Gasteiger partial charge is 0.0132 e. The molecule has 118 valence electrons. The van der Waals surface area contributed by atoms with Crippen LogP contribution in [0.1, 0.15) is 81.7 Å². The molecule has 0 heterocycles. The van der Waals surface area contributed by atoms with Gasteiger partial charge in [-0.2, -0.15) is 0 Å². The molecular weight excluding hydrogens is 240 g/mol. The zero-order valence-electron chi connectivity index (χ0n) is 15.9. The van der Waals surface area contributed by atoms with Crippen LogP contribution >= 0.6 is 0 Å². The summed E-state index contributed by atoms with van der Waals surface area (Å²) in [6.45, 7) is 24.2. The Hall–Kier alpha value is -0.780. The monoisotopic (exact) mass is 278 g/mol. The Morgan fingerprint density at radius 2 is 0.750 bits per heavy atom. The molecule has 0 aliphatic rings. The van der Waals surface area contributed by atoms with Gasteiger partial charge in [-0.25, -0.2) is 0 Å². The van der Waals surface area contributed by atoms with E-state index in [2.05, 4.69) is 106 Å². The Bertz CT molecular complexity index is 301. The van der Waals surface area contributed by atoms with E-state index < -0.39 is 0 Å². The van der Waals surface area contributed by atoms with Gasteiger partial charge in [0.25, 0.3) is 0 Å². The predicted octanol–water partition coefficient (Wildman–Crippen LogP) is 7.09. The van der Waals surface area contributed by atoms with Crippen LogP contribution in [0, 0.1) is 10.8 Å². The lowest BCUT2D eigenvalue weighted by Gasteiger charge is -2.18. The third kappa shape index (κ3) is 25.9. The summed E-state index contributed by atoms with van der Waals surface area (Å²) in [7, 11) is 0. The van der Waals surface area contributed by atoms with Gasteiger partial charge in [-0.15, -0.1) is 0 Å². The van der Waals surface area contributed by atoms with E-state index in [1.807, 2.05) is 0 Å². The minimum absolute atomic E-state index is 0.293. The first-order chi connectivity index (χ1) is 8.61. The van der Waals surface area contributed by atoms with Crippen LogP contribution in [0.2, 0.25) is 0 Å². The molecular formula is C20H38. The van der Waals surface area contributed by atoms with E-state index in [-0.39, 0.29) is 0 Å². The maximum Gasteiger partial charge on any atom is -0.0132 e. The molecule has 1 aromatic rings. The molecule has 0 heteroatoms. The SMILES string of the molecule is CC(C)(C)C.CC(C)(C)C.CC(C)(C)c1ccccc1. The van der Waals surface area contributed by atoms with Crippen molar-refractivity contribution < 1.29 is 0 Å². The minimum atomic E-state index is 0.293. The van der Waals surface area contributed by atoms with E-state index >= 15 is 0 Å². The Morgan fingerprint density at radius 3 is 0.900 bits per heavy atom. The van der Waals surface area contributed by atoms with Gasteiger partial charge >= 0.3 is 0 Å². The summed E-state index contributed by atoms with van der Waals surface area (Å²) in [6, 6.07) is 10.6. The molecule has 0 radical (unpaired) electrons. The molecule has 0 unspecified atom stereocenters. The van der Waals surface area contributed by atoms with Crippen LogP contribution in [-0.4, -0.2) is 0 Å². The summed E-state index contributed by atoms with van der Waals surface area (Å²) in [5.41, 5.74) is 2.69. The van der Waals surface area contributed by atoms with Gasteiger partial charge in [-0.1, -0.05) is 106 Å². The first kappa shape index (κ1) is 21.5. The summed E-state index contributed by atoms with van der Waals surface area (Å²) in [5, 5.41) is 0. The van der Waals surface area contributed by atoms with Crippen LogP contribution in [0.4, 0.5) is 0 Å². The quantitative estimate of drug-likeness (QED) is 0.475. The van der Waals surface area contributed by atoms with Gasteiger partial charge in [-0.3, -0.25) is 0 Å². The normalized spacial score (nSPS) is 11.8. The molecule has 0 fully saturated rings. The summed E-state index contributed by atoms with van der Waals surface area (Å²) in [5.74, 6) is 0. The van der Waals surface area contributed by atoms with Gasteiger partial charge in [0.05, 0.1) is 0 Å². The van der Waals surface area contributed by atoms with Crippen molar-refractivity contribution in [3.63, 3.8) is 0 Å². The van der Waals surface area contributed by atoms with Crippen molar-refractivity contribution in [1.82, 2.24) is 0 Å². The highest BCUT2D eigenvalue weighted by Gasteiger charge is 2.11. The minimum Gasteiger partial charge on any atom is -0.0622 e. The van der Waals surface area contributed by atoms with E-state index in [9.17, 15) is 0 Å². The lowest BCUT2D eigenvalue weighted by molar-refractivity contribution is 0.469. The van der Waals surface area contributed by atoms with Crippen LogP contribution in [-0.2, 0) is 5.41 Å². The molecule has 1 aromatic carbocycles. The fourth-order valence-electron chi connectivity index (χ4n) is 0.938. The van der Waals surface area contributed by atoms with Crippen LogP contribution in [0.3, 0.4) is 0 Å². The van der Waals surface area contributed by atoms with Crippen molar-refractivity contribution >= 4 is 0 Å². The number of benzene rings is 1. The Morgan fingerprint density at radius 1 is 0.500 bits per heavy atom. The van der Waals surface area contributed by atoms with E-state index in [1.54, 1.807) is 0 Å². The number of hydrogen-bond acceptors (Lipinski definition) is 0. The van der Waals surface area contributed by atoms with Gasteiger partial charge in [0.2, 0.25) is 0 Å². The van der Waals surface area contributed by atoms with Crippen LogP contribution in [0.25, 0.3) is 0 Å². The van der Waals surface area contributed by atoms with Gasteiger partial charge < -0.3 is 0 Å². The first-order valence-electron chi connectivity index (χ1n) is 7.66. The van der Waals surface area contributed by atoms with Crippen molar-refractivity contribution in [1.29, 1.82) is 0 Å². The second-order valence-corrected chi connectivity index (χ2v) is 9.62. The molecule has 0 saturated heterocycles. The van der Waals surface area contributed by atoms with Crippen molar-refractivity contribution in [2.75, 3.05) is 0 Å². The van der Waals surface area contributed by atoms with E-state index in [0.717, 1.165) is 0 Å². The molecule has 0 amide bonds. The van der Waals surface area contributed by atoms with Crippen molar-refractivity contribution in [2.24, 2.45) is 10.8 Å². The average Bonchev–Trinajstić information content (AvgIpc) is 2.12. The highest BCUT2D eigenvalue weighted by atomic mass is 14.2. The van der Waals surface area contributed by atoms with Gasteiger partial charge in [0.15, 0.2) is 0 Å². The molecule has 0 aromatic heterocycles. The van der Waals surface area contributed by atoms with E-state index in [1.165, 1.54) is 5.56 Å². The van der Waals surface area contributed by atoms with Crippen LogP contribution in [0.15, 0.2) is 30.3 Å². The highest BCUT2D eigenvalue weighted by Crippen LogP contribution is 2.20. The second kappa shape index (κ2) is 8.49. The Balaban J connectivity index is 0. The van der Waals surface area contributed by atoms with Gasteiger partial charge in [-0.05, 0) is 21.8 Å². The van der Waals surface area contributed by atoms with E-state index in [0.29, 0.717) is 16.2 Å². The Kier molecular flexibility index (Phi) is 9.14. The molecule has 0 bridgehead atoms. The zero-order valence-corrected chi connectivity index (χ0v) is 15.9. The molecule has 20 heavy (non-hydrogen) atoms. The average molecular weight is 279 g/mol. The molecule has 0 aliphatic heterocycles. The number of rotatable bonds is 0. The zero-order chi connectivity index (χ0) is 16.6. The fraction of sp³-hybridized carbons (Fsp3) is 0.700. The summed E-state index contributed by atoms with van der Waals surface area (Å²) in [6.07, 6.45) is 0. The van der Waals surface area contributed by atoms with Crippen molar-refractivity contribution in [3.05, 3.63) is 35.9 Å². The van der Waals surface area contributed by atoms with Gasteiger partial charge in [0.1, 0.15) is 0 Å². The lowest BCUT2D eigenvalue weighted by Crippen LogP contribution is -2.10. The topological polar surface area (TPSA) is 0 Å². The molecule has 0 atom stereocenters. The highest BCUT2D eigenvalue weighted by molar-refractivity contribution is 5.21. The maximum atomic E-state index is 2.22. The Labute approximate surface area is 129 Å². The molecule has 0 nitrogen and oxygen atoms in total. The lowest BCUT2D eigenvalue weighted by atomic mass is 9.87. The fourth-order valence-corrected chi connectivity index (χ4v) is 0.938. The standard InChI is InChI=1S/C10H14.2C5H12/c1-10(2,3)9-7-5-4-6-8-9;2*1-5(2,3)4/h4-8H,1-3H3;2*1-4H3. The molecule has 0 aliphatic carbocycles. The van der Waals surface area contributed by atoms with Crippen LogP contribution < -0.4 is 0 Å². The summed E-state index contributed by atoms with van der Waals surface area (Å²) < 4.78 is 0. The second-order valence-electron chi connectivity index (χ2n) is 9.62. The largest absolute Gasteiger partial charge is 0.0622 e. The first-order valence-corrected chi connectivity index (χ1v) is 7.66. The molecule has 0 saturated carbocycles. The summed E-state index contributed by atoms with van der Waals surface area (Å²) in [4.78, 5) is 0.